The zero-order chi connectivity index (χ0) is 18.1. The van der Waals surface area contributed by atoms with Crippen molar-refractivity contribution in [2.45, 2.75) is 24.8 Å². The monoisotopic (exact) mass is 363 g/mol. The molecule has 1 aromatic carbocycles. The van der Waals surface area contributed by atoms with Crippen molar-refractivity contribution in [1.82, 2.24) is 24.6 Å². The van der Waals surface area contributed by atoms with Crippen molar-refractivity contribution in [3.8, 4) is 11.4 Å². The zero-order valence-corrected chi connectivity index (χ0v) is 15.2. The average Bonchev–Trinajstić information content (AvgIpc) is 3.09. The van der Waals surface area contributed by atoms with Gasteiger partial charge in [-0.2, -0.15) is 0 Å². The van der Waals surface area contributed by atoms with Crippen molar-refractivity contribution in [3.05, 3.63) is 75.8 Å². The van der Waals surface area contributed by atoms with Crippen molar-refractivity contribution in [3.63, 3.8) is 0 Å². The Labute approximate surface area is 154 Å². The molecule has 6 nitrogen and oxygen atoms in total. The number of hydrogen-bond acceptors (Lipinski definition) is 5. The lowest BCUT2D eigenvalue weighted by Gasteiger charge is -2.05. The van der Waals surface area contributed by atoms with Gasteiger partial charge in [-0.15, -0.1) is 5.10 Å². The summed E-state index contributed by atoms with van der Waals surface area (Å²) in [4.78, 5) is 21.4. The molecule has 0 aliphatic heterocycles. The smallest absolute Gasteiger partial charge is 0.258 e. The maximum atomic E-state index is 12.3. The van der Waals surface area contributed by atoms with E-state index >= 15 is 0 Å². The summed E-state index contributed by atoms with van der Waals surface area (Å²) < 4.78 is 1.61. The van der Waals surface area contributed by atoms with Crippen LogP contribution in [-0.2, 0) is 5.75 Å². The van der Waals surface area contributed by atoms with Gasteiger partial charge in [-0.1, -0.05) is 47.7 Å². The molecule has 4 rings (SSSR count). The van der Waals surface area contributed by atoms with E-state index in [1.54, 1.807) is 10.5 Å². The van der Waals surface area contributed by atoms with Crippen LogP contribution < -0.4 is 5.56 Å². The molecule has 0 saturated heterocycles. The third-order valence-corrected chi connectivity index (χ3v) is 4.95. The van der Waals surface area contributed by atoms with Gasteiger partial charge in [0.25, 0.3) is 5.56 Å². The Bertz CT molecular complexity index is 1130. The second-order valence-corrected chi connectivity index (χ2v) is 7.01. The third-order valence-electron chi connectivity index (χ3n) is 4.07. The van der Waals surface area contributed by atoms with Crippen LogP contribution in [0, 0.1) is 13.8 Å². The average molecular weight is 363 g/mol. The first-order valence-electron chi connectivity index (χ1n) is 8.21. The summed E-state index contributed by atoms with van der Waals surface area (Å²) in [6, 6.07) is 15.3. The molecule has 0 bridgehead atoms. The fourth-order valence-corrected chi connectivity index (χ4v) is 3.42. The number of nitrogens with one attached hydrogen (secondary N) is 1. The van der Waals surface area contributed by atoms with Gasteiger partial charge in [0, 0.05) is 23.1 Å². The van der Waals surface area contributed by atoms with E-state index in [-0.39, 0.29) is 5.56 Å². The van der Waals surface area contributed by atoms with Crippen LogP contribution in [-0.4, -0.2) is 24.6 Å². The number of aromatic nitrogens is 5. The summed E-state index contributed by atoms with van der Waals surface area (Å²) in [5, 5.41) is 7.83. The van der Waals surface area contributed by atoms with Crippen molar-refractivity contribution < 1.29 is 0 Å². The number of aryl methyl sites for hydroxylation is 2. The molecule has 4 aromatic rings. The van der Waals surface area contributed by atoms with Gasteiger partial charge in [0.1, 0.15) is 5.65 Å². The van der Waals surface area contributed by atoms with Crippen LogP contribution >= 0.6 is 11.8 Å². The Hall–Kier alpha value is -2.93. The molecule has 26 heavy (non-hydrogen) atoms. The highest BCUT2D eigenvalue weighted by molar-refractivity contribution is 7.98. The number of nitrogens with zero attached hydrogens (tertiary/aromatic N) is 4. The van der Waals surface area contributed by atoms with Gasteiger partial charge < -0.3 is 0 Å². The second-order valence-electron chi connectivity index (χ2n) is 6.07. The molecular weight excluding hydrogens is 346 g/mol. The van der Waals surface area contributed by atoms with Gasteiger partial charge in [0.2, 0.25) is 5.16 Å². The molecule has 3 heterocycles. The van der Waals surface area contributed by atoms with Gasteiger partial charge in [-0.3, -0.25) is 14.3 Å². The maximum Gasteiger partial charge on any atom is 0.258 e. The highest BCUT2D eigenvalue weighted by Gasteiger charge is 2.09. The first-order chi connectivity index (χ1) is 12.6. The standard InChI is InChI=1S/C19H17N5OS/c1-12-6-8-14(9-7-12)18-21-19(23-22-18)26-11-15-10-17(25)24-13(2)4-3-5-16(24)20-15/h3-10H,11H2,1-2H3,(H,21,22,23). The molecule has 0 unspecified atom stereocenters. The quantitative estimate of drug-likeness (QED) is 0.563. The SMILES string of the molecule is Cc1ccc(-c2nc(SCc3cc(=O)n4c(C)cccc4n3)n[nH]2)cc1. The molecule has 0 aliphatic carbocycles. The number of rotatable bonds is 4. The molecule has 0 aliphatic rings. The Morgan fingerprint density at radius 1 is 1.08 bits per heavy atom. The van der Waals surface area contributed by atoms with E-state index in [9.17, 15) is 4.79 Å². The summed E-state index contributed by atoms with van der Waals surface area (Å²) in [6.07, 6.45) is 0. The van der Waals surface area contributed by atoms with Gasteiger partial charge in [0.15, 0.2) is 5.82 Å². The lowest BCUT2D eigenvalue weighted by molar-refractivity contribution is 0.958. The molecule has 1 N–H and O–H groups in total. The Morgan fingerprint density at radius 2 is 1.88 bits per heavy atom. The summed E-state index contributed by atoms with van der Waals surface area (Å²) >= 11 is 1.45. The van der Waals surface area contributed by atoms with Gasteiger partial charge in [0.05, 0.1) is 5.69 Å². The largest absolute Gasteiger partial charge is 0.269 e. The Kier molecular flexibility index (Phi) is 4.30. The zero-order valence-electron chi connectivity index (χ0n) is 14.4. The fraction of sp³-hybridized carbons (Fsp3) is 0.158. The minimum absolute atomic E-state index is 0.0703. The van der Waals surface area contributed by atoms with E-state index in [0.717, 1.165) is 17.1 Å². The second kappa shape index (κ2) is 6.76. The lowest BCUT2D eigenvalue weighted by atomic mass is 10.1. The Morgan fingerprint density at radius 3 is 2.69 bits per heavy atom. The van der Waals surface area contributed by atoms with Crippen molar-refractivity contribution in [2.24, 2.45) is 0 Å². The number of H-pyrrole nitrogens is 1. The summed E-state index contributed by atoms with van der Waals surface area (Å²) in [5.41, 5.74) is 4.37. The van der Waals surface area contributed by atoms with E-state index in [0.29, 0.717) is 22.3 Å². The lowest BCUT2D eigenvalue weighted by Crippen LogP contribution is -2.17. The number of fused-ring (bicyclic) bond motifs is 1. The van der Waals surface area contributed by atoms with Crippen molar-refractivity contribution >= 4 is 17.4 Å². The van der Waals surface area contributed by atoms with Crippen molar-refractivity contribution in [2.75, 3.05) is 0 Å². The molecule has 0 amide bonds. The van der Waals surface area contributed by atoms with Crippen LogP contribution in [0.1, 0.15) is 17.0 Å². The van der Waals surface area contributed by atoms with Crippen LogP contribution in [0.25, 0.3) is 17.0 Å². The van der Waals surface area contributed by atoms with Gasteiger partial charge in [-0.05, 0) is 26.0 Å². The number of benzene rings is 1. The first-order valence-corrected chi connectivity index (χ1v) is 9.19. The Balaban J connectivity index is 1.54. The predicted octanol–water partition coefficient (Wildman–Crippen LogP) is 3.39. The van der Waals surface area contributed by atoms with Crippen molar-refractivity contribution in [1.29, 1.82) is 0 Å². The first kappa shape index (κ1) is 16.5. The van der Waals surface area contributed by atoms with Gasteiger partial charge >= 0.3 is 0 Å². The van der Waals surface area contributed by atoms with Crippen LogP contribution in [0.4, 0.5) is 0 Å². The summed E-state index contributed by atoms with van der Waals surface area (Å²) in [7, 11) is 0. The number of aromatic amines is 1. The minimum atomic E-state index is -0.0703. The van der Waals surface area contributed by atoms with E-state index in [1.165, 1.54) is 17.3 Å². The number of thioether (sulfide) groups is 1. The predicted molar refractivity (Wildman–Crippen MR) is 102 cm³/mol. The van der Waals surface area contributed by atoms with Crippen LogP contribution in [0.2, 0.25) is 0 Å². The molecule has 130 valence electrons. The van der Waals surface area contributed by atoms with Crippen LogP contribution in [0.5, 0.6) is 0 Å². The summed E-state index contributed by atoms with van der Waals surface area (Å²) in [5.74, 6) is 1.26. The highest BCUT2D eigenvalue weighted by Crippen LogP contribution is 2.22. The number of hydrogen-bond donors (Lipinski definition) is 1. The van der Waals surface area contributed by atoms with Crippen LogP contribution in [0.3, 0.4) is 0 Å². The molecular formula is C19H17N5OS. The summed E-state index contributed by atoms with van der Waals surface area (Å²) in [6.45, 7) is 3.94. The molecule has 3 aromatic heterocycles. The van der Waals surface area contributed by atoms with E-state index in [2.05, 4.69) is 20.2 Å². The normalized spacial score (nSPS) is 11.2. The number of pyridine rings is 1. The molecule has 0 spiro atoms. The van der Waals surface area contributed by atoms with E-state index in [1.807, 2.05) is 56.3 Å². The third kappa shape index (κ3) is 3.25. The molecule has 0 radical (unpaired) electrons. The maximum absolute atomic E-state index is 12.3. The highest BCUT2D eigenvalue weighted by atomic mass is 32.2. The molecule has 7 heteroatoms. The van der Waals surface area contributed by atoms with Gasteiger partial charge in [-0.25, -0.2) is 9.97 Å². The topological polar surface area (TPSA) is 75.9 Å². The molecule has 0 atom stereocenters. The van der Waals surface area contributed by atoms with Crippen LogP contribution in [0.15, 0.2) is 58.5 Å². The van der Waals surface area contributed by atoms with E-state index in [4.69, 9.17) is 0 Å². The molecule has 0 fully saturated rings. The minimum Gasteiger partial charge on any atom is -0.269 e. The fourth-order valence-electron chi connectivity index (χ4n) is 2.73. The van der Waals surface area contributed by atoms with E-state index < -0.39 is 0 Å². The molecule has 0 saturated carbocycles.